The summed E-state index contributed by atoms with van der Waals surface area (Å²) in [6.07, 6.45) is 8.10. The zero-order chi connectivity index (χ0) is 18.8. The molecule has 144 valence electrons. The molecule has 4 rings (SSSR count). The van der Waals surface area contributed by atoms with Crippen LogP contribution in [0.2, 0.25) is 0 Å². The average Bonchev–Trinajstić information content (AvgIpc) is 3.11. The number of amides is 1. The molecule has 27 heavy (non-hydrogen) atoms. The van der Waals surface area contributed by atoms with Crippen LogP contribution in [0.3, 0.4) is 0 Å². The smallest absolute Gasteiger partial charge is 0.256 e. The molecule has 1 fully saturated rings. The van der Waals surface area contributed by atoms with Crippen molar-refractivity contribution in [3.05, 3.63) is 35.5 Å². The molecule has 7 nitrogen and oxygen atoms in total. The highest BCUT2D eigenvalue weighted by Crippen LogP contribution is 2.32. The Labute approximate surface area is 160 Å². The first-order chi connectivity index (χ1) is 13.1. The summed E-state index contributed by atoms with van der Waals surface area (Å²) >= 11 is 0. The number of anilines is 1. The van der Waals surface area contributed by atoms with E-state index in [2.05, 4.69) is 38.9 Å². The molecule has 1 N–H and O–H groups in total. The fourth-order valence-electron chi connectivity index (χ4n) is 4.09. The molecular weight excluding hydrogens is 340 g/mol. The van der Waals surface area contributed by atoms with E-state index in [9.17, 15) is 4.79 Å². The lowest BCUT2D eigenvalue weighted by atomic mass is 9.99. The molecule has 2 aliphatic rings. The molecule has 1 atom stereocenters. The van der Waals surface area contributed by atoms with Gasteiger partial charge in [-0.15, -0.1) is 10.2 Å². The highest BCUT2D eigenvalue weighted by molar-refractivity contribution is 5.94. The number of nitrogens with zero attached hydrogens (tertiary/aromatic N) is 5. The fraction of sp³-hybridized carbons (Fsp3) is 0.600. The zero-order valence-corrected chi connectivity index (χ0v) is 16.2. The minimum atomic E-state index is 0.0130. The Morgan fingerprint density at radius 2 is 2.00 bits per heavy atom. The Balaban J connectivity index is 1.57. The quantitative estimate of drug-likeness (QED) is 0.897. The number of pyridine rings is 1. The molecule has 0 aromatic carbocycles. The fourth-order valence-corrected chi connectivity index (χ4v) is 4.09. The van der Waals surface area contributed by atoms with E-state index < -0.39 is 0 Å². The first-order valence-corrected chi connectivity index (χ1v) is 10.1. The van der Waals surface area contributed by atoms with Gasteiger partial charge in [0.15, 0.2) is 5.82 Å². The van der Waals surface area contributed by atoms with Gasteiger partial charge >= 0.3 is 0 Å². The molecule has 1 saturated heterocycles. The third kappa shape index (κ3) is 3.68. The van der Waals surface area contributed by atoms with Gasteiger partial charge < -0.3 is 14.8 Å². The van der Waals surface area contributed by atoms with Gasteiger partial charge in [-0.25, -0.2) is 4.98 Å². The van der Waals surface area contributed by atoms with Crippen LogP contribution in [-0.2, 0) is 13.0 Å². The van der Waals surface area contributed by atoms with Gasteiger partial charge in [0.2, 0.25) is 0 Å². The normalized spacial score (nSPS) is 19.8. The van der Waals surface area contributed by atoms with Gasteiger partial charge in [0.1, 0.15) is 11.6 Å². The molecule has 2 aromatic heterocycles. The van der Waals surface area contributed by atoms with Crippen LogP contribution in [-0.4, -0.2) is 43.1 Å². The van der Waals surface area contributed by atoms with Gasteiger partial charge in [-0.2, -0.15) is 0 Å². The minimum Gasteiger partial charge on any atom is -0.368 e. The van der Waals surface area contributed by atoms with Gasteiger partial charge in [0.25, 0.3) is 5.91 Å². The zero-order valence-electron chi connectivity index (χ0n) is 16.2. The number of hydrogen-bond donors (Lipinski definition) is 1. The van der Waals surface area contributed by atoms with Gasteiger partial charge in [-0.1, -0.05) is 0 Å². The van der Waals surface area contributed by atoms with Crippen LogP contribution < -0.4 is 5.32 Å². The topological polar surface area (TPSA) is 75.9 Å². The lowest BCUT2D eigenvalue weighted by Crippen LogP contribution is -2.40. The van der Waals surface area contributed by atoms with Gasteiger partial charge in [-0.3, -0.25) is 4.79 Å². The third-order valence-corrected chi connectivity index (χ3v) is 5.40. The highest BCUT2D eigenvalue weighted by Gasteiger charge is 2.33. The molecule has 0 saturated carbocycles. The molecule has 1 unspecified atom stereocenters. The molecule has 1 amide bonds. The van der Waals surface area contributed by atoms with Crippen LogP contribution in [0.1, 0.15) is 74.0 Å². The first kappa shape index (κ1) is 17.9. The molecule has 4 heterocycles. The maximum atomic E-state index is 13.2. The van der Waals surface area contributed by atoms with Crippen LogP contribution in [0.25, 0.3) is 0 Å². The summed E-state index contributed by atoms with van der Waals surface area (Å²) in [6.45, 7) is 5.86. The summed E-state index contributed by atoms with van der Waals surface area (Å²) in [5.74, 6) is 2.86. The standard InChI is InChI=1S/C20H28N6O/c1-14(2)22-17-10-9-15(13-21-17)20(27)25-11-5-3-7-16(25)19-24-23-18-8-4-6-12-26(18)19/h9-10,13-14,16H,3-8,11-12H2,1-2H3,(H,21,22). The molecule has 0 radical (unpaired) electrons. The van der Waals surface area contributed by atoms with Crippen LogP contribution in [0, 0.1) is 0 Å². The number of aromatic nitrogens is 4. The number of fused-ring (bicyclic) bond motifs is 1. The molecular formula is C20H28N6O. The number of carbonyl (C=O) groups is 1. The van der Waals surface area contributed by atoms with Gasteiger partial charge in [-0.05, 0) is 58.1 Å². The average molecular weight is 368 g/mol. The molecule has 2 aliphatic heterocycles. The predicted molar refractivity (Wildman–Crippen MR) is 104 cm³/mol. The Hall–Kier alpha value is -2.44. The summed E-state index contributed by atoms with van der Waals surface area (Å²) in [4.78, 5) is 19.6. The van der Waals surface area contributed by atoms with E-state index >= 15 is 0 Å². The Bertz CT molecular complexity index is 797. The molecule has 0 aliphatic carbocycles. The number of nitrogens with one attached hydrogen (secondary N) is 1. The summed E-state index contributed by atoms with van der Waals surface area (Å²) in [5, 5.41) is 12.1. The maximum Gasteiger partial charge on any atom is 0.256 e. The van der Waals surface area contributed by atoms with Crippen molar-refractivity contribution in [1.29, 1.82) is 0 Å². The highest BCUT2D eigenvalue weighted by atomic mass is 16.2. The van der Waals surface area contributed by atoms with Gasteiger partial charge in [0.05, 0.1) is 11.6 Å². The summed E-state index contributed by atoms with van der Waals surface area (Å²) < 4.78 is 2.24. The van der Waals surface area contributed by atoms with Gasteiger partial charge in [0, 0.05) is 31.7 Å². The van der Waals surface area contributed by atoms with Crippen molar-refractivity contribution in [2.24, 2.45) is 0 Å². The van der Waals surface area contributed by atoms with E-state index in [1.807, 2.05) is 17.0 Å². The molecule has 7 heteroatoms. The maximum absolute atomic E-state index is 13.2. The first-order valence-electron chi connectivity index (χ1n) is 10.1. The van der Waals surface area contributed by atoms with E-state index in [0.717, 1.165) is 62.7 Å². The van der Waals surface area contributed by atoms with E-state index in [1.165, 1.54) is 6.42 Å². The second kappa shape index (κ2) is 7.66. The van der Waals surface area contributed by atoms with Crippen LogP contribution in [0.5, 0.6) is 0 Å². The Kier molecular flexibility index (Phi) is 5.09. The Morgan fingerprint density at radius 1 is 1.15 bits per heavy atom. The summed E-state index contributed by atoms with van der Waals surface area (Å²) in [7, 11) is 0. The largest absolute Gasteiger partial charge is 0.368 e. The number of carbonyl (C=O) groups excluding carboxylic acids is 1. The molecule has 0 bridgehead atoms. The van der Waals surface area contributed by atoms with Crippen LogP contribution in [0.15, 0.2) is 18.3 Å². The van der Waals surface area contributed by atoms with E-state index in [1.54, 1.807) is 6.20 Å². The second-order valence-electron chi connectivity index (χ2n) is 7.82. The monoisotopic (exact) mass is 368 g/mol. The number of likely N-dealkylation sites (tertiary alicyclic amines) is 1. The minimum absolute atomic E-state index is 0.0130. The van der Waals surface area contributed by atoms with Crippen molar-refractivity contribution in [1.82, 2.24) is 24.6 Å². The van der Waals surface area contributed by atoms with Crippen molar-refractivity contribution in [2.75, 3.05) is 11.9 Å². The van der Waals surface area contributed by atoms with Crippen LogP contribution in [0.4, 0.5) is 5.82 Å². The van der Waals surface area contributed by atoms with Crippen molar-refractivity contribution < 1.29 is 4.79 Å². The van der Waals surface area contributed by atoms with E-state index in [4.69, 9.17) is 0 Å². The lowest BCUT2D eigenvalue weighted by molar-refractivity contribution is 0.0593. The van der Waals surface area contributed by atoms with Crippen molar-refractivity contribution in [3.8, 4) is 0 Å². The third-order valence-electron chi connectivity index (χ3n) is 5.40. The number of aryl methyl sites for hydroxylation is 1. The van der Waals surface area contributed by atoms with Crippen molar-refractivity contribution in [3.63, 3.8) is 0 Å². The van der Waals surface area contributed by atoms with Crippen LogP contribution >= 0.6 is 0 Å². The number of rotatable bonds is 4. The Morgan fingerprint density at radius 3 is 2.78 bits per heavy atom. The SMILES string of the molecule is CC(C)Nc1ccc(C(=O)N2CCCCC2c2nnc3n2CCCC3)cn1. The number of piperidine rings is 1. The second-order valence-corrected chi connectivity index (χ2v) is 7.82. The molecule has 2 aromatic rings. The summed E-state index contributed by atoms with van der Waals surface area (Å²) in [6, 6.07) is 4.07. The van der Waals surface area contributed by atoms with Crippen molar-refractivity contribution >= 4 is 11.7 Å². The lowest BCUT2D eigenvalue weighted by Gasteiger charge is -2.35. The predicted octanol–water partition coefficient (Wildman–Crippen LogP) is 3.20. The number of hydrogen-bond acceptors (Lipinski definition) is 5. The van der Waals surface area contributed by atoms with E-state index in [0.29, 0.717) is 11.6 Å². The van der Waals surface area contributed by atoms with E-state index in [-0.39, 0.29) is 11.9 Å². The summed E-state index contributed by atoms with van der Waals surface area (Å²) in [5.41, 5.74) is 0.634. The van der Waals surface area contributed by atoms with Crippen molar-refractivity contribution in [2.45, 2.75) is 71.0 Å². The molecule has 0 spiro atoms.